The number of rotatable bonds is 8. The Morgan fingerprint density at radius 3 is 2.77 bits per heavy atom. The Hall–Kier alpha value is -2.81. The molecule has 0 aliphatic heterocycles. The number of nitrogens with zero attached hydrogens (tertiary/aromatic N) is 1. The van der Waals surface area contributed by atoms with Crippen LogP contribution in [0.4, 0.5) is 5.69 Å². The first kappa shape index (κ1) is 17.2. The van der Waals surface area contributed by atoms with Gasteiger partial charge in [0.15, 0.2) is 0 Å². The first-order valence-electron chi connectivity index (χ1n) is 7.06. The Balaban J connectivity index is 2.65. The van der Waals surface area contributed by atoms with Crippen molar-refractivity contribution in [1.29, 1.82) is 5.26 Å². The van der Waals surface area contributed by atoms with Gasteiger partial charge >= 0.3 is 5.97 Å². The third-order valence-electron chi connectivity index (χ3n) is 2.90. The van der Waals surface area contributed by atoms with Crippen LogP contribution in [-0.2, 0) is 4.79 Å². The van der Waals surface area contributed by atoms with Gasteiger partial charge in [-0.05, 0) is 24.6 Å². The van der Waals surface area contributed by atoms with E-state index in [1.54, 1.807) is 6.07 Å². The monoisotopic (exact) mass is 301 g/mol. The van der Waals surface area contributed by atoms with Crippen LogP contribution in [0.1, 0.15) is 36.5 Å². The average molecular weight is 301 g/mol. The molecule has 6 nitrogen and oxygen atoms in total. The van der Waals surface area contributed by atoms with Gasteiger partial charge in [0.1, 0.15) is 11.6 Å². The smallest absolute Gasteiger partial charge is 0.335 e. The molecule has 0 saturated heterocycles. The molecular formula is C16H19N3O3. The Labute approximate surface area is 129 Å². The van der Waals surface area contributed by atoms with Crippen molar-refractivity contribution in [3.8, 4) is 6.07 Å². The molecule has 0 saturated carbocycles. The summed E-state index contributed by atoms with van der Waals surface area (Å²) >= 11 is 0. The highest BCUT2D eigenvalue weighted by atomic mass is 16.4. The van der Waals surface area contributed by atoms with E-state index in [1.807, 2.05) is 6.07 Å². The number of nitrogens with one attached hydrogen (secondary N) is 2. The van der Waals surface area contributed by atoms with Crippen molar-refractivity contribution in [2.24, 2.45) is 0 Å². The number of nitriles is 1. The maximum atomic E-state index is 12.0. The SMILES string of the molecule is CCCCCN/C=C(/C#N)C(=O)Nc1cccc(C(=O)O)c1. The summed E-state index contributed by atoms with van der Waals surface area (Å²) in [5.74, 6) is -1.65. The number of aromatic carboxylic acids is 1. The van der Waals surface area contributed by atoms with E-state index in [9.17, 15) is 9.59 Å². The van der Waals surface area contributed by atoms with Crippen molar-refractivity contribution in [2.45, 2.75) is 26.2 Å². The summed E-state index contributed by atoms with van der Waals surface area (Å²) in [5, 5.41) is 23.3. The van der Waals surface area contributed by atoms with Crippen LogP contribution in [0.5, 0.6) is 0 Å². The molecule has 0 spiro atoms. The quantitative estimate of drug-likeness (QED) is 0.389. The fourth-order valence-electron chi connectivity index (χ4n) is 1.73. The van der Waals surface area contributed by atoms with E-state index in [0.717, 1.165) is 19.3 Å². The second kappa shape index (κ2) is 9.19. The molecule has 0 bridgehead atoms. The largest absolute Gasteiger partial charge is 0.478 e. The molecule has 22 heavy (non-hydrogen) atoms. The van der Waals surface area contributed by atoms with Gasteiger partial charge in [0.05, 0.1) is 5.56 Å². The molecule has 116 valence electrons. The van der Waals surface area contributed by atoms with Crippen molar-refractivity contribution in [3.63, 3.8) is 0 Å². The molecule has 1 aromatic rings. The fraction of sp³-hybridized carbons (Fsp3) is 0.312. The highest BCUT2D eigenvalue weighted by Gasteiger charge is 2.10. The van der Waals surface area contributed by atoms with Gasteiger partial charge in [-0.1, -0.05) is 25.8 Å². The molecule has 1 amide bonds. The fourth-order valence-corrected chi connectivity index (χ4v) is 1.73. The number of carboxylic acids is 1. The van der Waals surface area contributed by atoms with Crippen LogP contribution in [0, 0.1) is 11.3 Å². The van der Waals surface area contributed by atoms with Crippen LogP contribution in [0.15, 0.2) is 36.0 Å². The van der Waals surface area contributed by atoms with Gasteiger partial charge in [-0.25, -0.2) is 4.79 Å². The molecule has 0 aliphatic rings. The molecule has 1 rings (SSSR count). The lowest BCUT2D eigenvalue weighted by molar-refractivity contribution is -0.112. The Kier molecular flexibility index (Phi) is 7.20. The Morgan fingerprint density at radius 2 is 2.14 bits per heavy atom. The van der Waals surface area contributed by atoms with E-state index in [2.05, 4.69) is 17.6 Å². The number of carbonyl (C=O) groups excluding carboxylic acids is 1. The molecule has 0 aliphatic carbocycles. The summed E-state index contributed by atoms with van der Waals surface area (Å²) < 4.78 is 0. The van der Waals surface area contributed by atoms with Crippen LogP contribution in [-0.4, -0.2) is 23.5 Å². The molecule has 0 radical (unpaired) electrons. The van der Waals surface area contributed by atoms with Gasteiger partial charge in [-0.15, -0.1) is 0 Å². The minimum Gasteiger partial charge on any atom is -0.478 e. The van der Waals surface area contributed by atoms with Crippen molar-refractivity contribution in [2.75, 3.05) is 11.9 Å². The topological polar surface area (TPSA) is 102 Å². The van der Waals surface area contributed by atoms with Gasteiger partial charge < -0.3 is 15.7 Å². The number of hydrogen-bond donors (Lipinski definition) is 3. The Bertz CT molecular complexity index is 603. The lowest BCUT2D eigenvalue weighted by Crippen LogP contribution is -2.17. The van der Waals surface area contributed by atoms with E-state index in [4.69, 9.17) is 10.4 Å². The molecule has 0 aromatic heterocycles. The number of unbranched alkanes of at least 4 members (excludes halogenated alkanes) is 2. The third-order valence-corrected chi connectivity index (χ3v) is 2.90. The highest BCUT2D eigenvalue weighted by Crippen LogP contribution is 2.11. The van der Waals surface area contributed by atoms with Crippen LogP contribution in [0.25, 0.3) is 0 Å². The van der Waals surface area contributed by atoms with Crippen molar-refractivity contribution in [1.82, 2.24) is 5.32 Å². The molecule has 6 heteroatoms. The van der Waals surface area contributed by atoms with Crippen molar-refractivity contribution in [3.05, 3.63) is 41.6 Å². The van der Waals surface area contributed by atoms with Gasteiger partial charge in [-0.3, -0.25) is 4.79 Å². The molecule has 3 N–H and O–H groups in total. The van der Waals surface area contributed by atoms with Crippen LogP contribution < -0.4 is 10.6 Å². The normalized spacial score (nSPS) is 10.6. The number of carboxylic acid groups (broad SMARTS) is 1. The van der Waals surface area contributed by atoms with Crippen LogP contribution in [0.2, 0.25) is 0 Å². The molecule has 1 aromatic carbocycles. The standard InChI is InChI=1S/C16H19N3O3/c1-2-3-4-8-18-11-13(10-17)15(20)19-14-7-5-6-12(9-14)16(21)22/h5-7,9,11,18H,2-4,8H2,1H3,(H,19,20)(H,21,22)/b13-11-. The molecule has 0 fully saturated rings. The summed E-state index contributed by atoms with van der Waals surface area (Å²) in [5.41, 5.74) is 0.340. The zero-order valence-electron chi connectivity index (χ0n) is 12.4. The predicted octanol–water partition coefficient (Wildman–Crippen LogP) is 2.51. The zero-order valence-corrected chi connectivity index (χ0v) is 12.4. The van der Waals surface area contributed by atoms with Gasteiger partial charge in [0, 0.05) is 18.4 Å². The summed E-state index contributed by atoms with van der Waals surface area (Å²) in [6.45, 7) is 2.79. The van der Waals surface area contributed by atoms with E-state index < -0.39 is 11.9 Å². The molecule has 0 unspecified atom stereocenters. The minimum absolute atomic E-state index is 0.0581. The lowest BCUT2D eigenvalue weighted by Gasteiger charge is -2.06. The van der Waals surface area contributed by atoms with Crippen molar-refractivity contribution < 1.29 is 14.7 Å². The molecule has 0 heterocycles. The van der Waals surface area contributed by atoms with E-state index >= 15 is 0 Å². The number of carbonyl (C=O) groups is 2. The second-order valence-corrected chi connectivity index (χ2v) is 4.67. The second-order valence-electron chi connectivity index (χ2n) is 4.67. The summed E-state index contributed by atoms with van der Waals surface area (Å²) in [6, 6.07) is 7.67. The third kappa shape index (κ3) is 5.67. The Morgan fingerprint density at radius 1 is 1.36 bits per heavy atom. The van der Waals surface area contributed by atoms with Gasteiger partial charge in [-0.2, -0.15) is 5.26 Å². The molecular weight excluding hydrogens is 282 g/mol. The van der Waals surface area contributed by atoms with Crippen LogP contribution >= 0.6 is 0 Å². The van der Waals surface area contributed by atoms with E-state index in [0.29, 0.717) is 12.2 Å². The minimum atomic E-state index is -1.08. The summed E-state index contributed by atoms with van der Waals surface area (Å²) in [7, 11) is 0. The maximum Gasteiger partial charge on any atom is 0.335 e. The first-order valence-corrected chi connectivity index (χ1v) is 7.06. The first-order chi connectivity index (χ1) is 10.6. The van der Waals surface area contributed by atoms with Crippen LogP contribution in [0.3, 0.4) is 0 Å². The number of hydrogen-bond acceptors (Lipinski definition) is 4. The van der Waals surface area contributed by atoms with E-state index in [-0.39, 0.29) is 11.1 Å². The predicted molar refractivity (Wildman–Crippen MR) is 83.3 cm³/mol. The zero-order chi connectivity index (χ0) is 16.4. The van der Waals surface area contributed by atoms with E-state index in [1.165, 1.54) is 24.4 Å². The average Bonchev–Trinajstić information content (AvgIpc) is 2.51. The summed E-state index contributed by atoms with van der Waals surface area (Å²) in [6.07, 6.45) is 4.52. The van der Waals surface area contributed by atoms with Gasteiger partial charge in [0.2, 0.25) is 0 Å². The van der Waals surface area contributed by atoms with Gasteiger partial charge in [0.25, 0.3) is 5.91 Å². The summed E-state index contributed by atoms with van der Waals surface area (Å²) in [4.78, 5) is 22.8. The molecule has 0 atom stereocenters. The maximum absolute atomic E-state index is 12.0. The van der Waals surface area contributed by atoms with Crippen molar-refractivity contribution >= 4 is 17.6 Å². The lowest BCUT2D eigenvalue weighted by atomic mass is 10.2. The number of benzene rings is 1. The highest BCUT2D eigenvalue weighted by molar-refractivity contribution is 6.06. The number of amides is 1. The number of anilines is 1.